The fourth-order valence-corrected chi connectivity index (χ4v) is 1.81. The zero-order valence-electron chi connectivity index (χ0n) is 13.3. The maximum atomic E-state index is 12.5. The van der Waals surface area contributed by atoms with Crippen LogP contribution < -0.4 is 4.74 Å². The molecule has 0 saturated heterocycles. The van der Waals surface area contributed by atoms with Crippen LogP contribution in [0.15, 0.2) is 6.20 Å². The van der Waals surface area contributed by atoms with E-state index in [9.17, 15) is 4.79 Å². The predicted octanol–water partition coefficient (Wildman–Crippen LogP) is 1.45. The number of nitrogens with zero attached hydrogens (tertiary/aromatic N) is 3. The average molecular weight is 283 g/mol. The molecule has 6 nitrogen and oxygen atoms in total. The van der Waals surface area contributed by atoms with Crippen LogP contribution in [0.1, 0.15) is 30.8 Å². The molecule has 1 heterocycles. The van der Waals surface area contributed by atoms with Crippen LogP contribution >= 0.6 is 0 Å². The highest BCUT2D eigenvalue weighted by Gasteiger charge is 2.27. The number of hydrogen-bond acceptors (Lipinski definition) is 5. The van der Waals surface area contributed by atoms with Crippen molar-refractivity contribution in [3.8, 4) is 5.75 Å². The Morgan fingerprint density at radius 2 is 2.05 bits per heavy atom. The number of aromatic nitrogens is 2. The molecule has 0 amide bonds. The lowest BCUT2D eigenvalue weighted by molar-refractivity contribution is 0.0168. The molecule has 0 spiro atoms. The van der Waals surface area contributed by atoms with E-state index in [1.807, 2.05) is 32.8 Å². The molecule has 114 valence electrons. The Labute approximate surface area is 120 Å². The van der Waals surface area contributed by atoms with Crippen molar-refractivity contribution in [2.24, 2.45) is 0 Å². The van der Waals surface area contributed by atoms with Crippen LogP contribution in [-0.4, -0.2) is 60.9 Å². The molecule has 1 rings (SSSR count). The topological polar surface area (TPSA) is 56.6 Å². The smallest absolute Gasteiger partial charge is 0.187 e. The zero-order chi connectivity index (χ0) is 15.3. The molecule has 0 unspecified atom stereocenters. The maximum absolute atomic E-state index is 12.5. The second-order valence-corrected chi connectivity index (χ2v) is 5.65. The minimum absolute atomic E-state index is 0.0232. The molecule has 0 saturated carbocycles. The fourth-order valence-electron chi connectivity index (χ4n) is 1.81. The van der Waals surface area contributed by atoms with Crippen molar-refractivity contribution >= 4 is 5.78 Å². The van der Waals surface area contributed by atoms with Gasteiger partial charge in [-0.15, -0.1) is 0 Å². The van der Waals surface area contributed by atoms with Crippen LogP contribution in [0.3, 0.4) is 0 Å². The second kappa shape index (κ2) is 6.85. The van der Waals surface area contributed by atoms with Crippen molar-refractivity contribution in [3.63, 3.8) is 0 Å². The number of ketones is 1. The van der Waals surface area contributed by atoms with E-state index < -0.39 is 5.60 Å². The van der Waals surface area contributed by atoms with Crippen molar-refractivity contribution in [1.82, 2.24) is 14.7 Å². The first-order chi connectivity index (χ1) is 9.30. The highest BCUT2D eigenvalue weighted by atomic mass is 16.5. The van der Waals surface area contributed by atoms with E-state index >= 15 is 0 Å². The van der Waals surface area contributed by atoms with Crippen LogP contribution in [0.4, 0.5) is 0 Å². The molecule has 0 N–H and O–H groups in total. The molecular weight excluding hydrogens is 258 g/mol. The molecule has 1 aromatic rings. The number of carbonyl (C=O) groups excluding carboxylic acids is 1. The molecule has 1 aromatic heterocycles. The molecule has 0 aliphatic rings. The summed E-state index contributed by atoms with van der Waals surface area (Å²) in [4.78, 5) is 14.5. The molecule has 0 atom stereocenters. The van der Waals surface area contributed by atoms with Gasteiger partial charge < -0.3 is 14.4 Å². The average Bonchev–Trinajstić information content (AvgIpc) is 2.78. The molecular formula is C14H25N3O3. The summed E-state index contributed by atoms with van der Waals surface area (Å²) in [6.45, 7) is 5.22. The van der Waals surface area contributed by atoms with Crippen molar-refractivity contribution < 1.29 is 14.3 Å². The third kappa shape index (κ3) is 4.31. The summed E-state index contributed by atoms with van der Waals surface area (Å²) in [5.41, 5.74) is 0.0122. The highest BCUT2D eigenvalue weighted by molar-refractivity contribution is 5.97. The summed E-state index contributed by atoms with van der Waals surface area (Å²) in [7, 11) is 7.12. The van der Waals surface area contributed by atoms with E-state index in [1.54, 1.807) is 25.1 Å². The molecule has 0 aliphatic heterocycles. The molecule has 0 radical (unpaired) electrons. The lowest BCUT2D eigenvalue weighted by Gasteiger charge is -2.22. The maximum Gasteiger partial charge on any atom is 0.187 e. The number of hydrogen-bond donors (Lipinski definition) is 0. The van der Waals surface area contributed by atoms with Crippen LogP contribution in [0.2, 0.25) is 0 Å². The number of rotatable bonds is 8. The van der Waals surface area contributed by atoms with Gasteiger partial charge in [0.25, 0.3) is 0 Å². The van der Waals surface area contributed by atoms with E-state index in [2.05, 4.69) is 5.10 Å². The van der Waals surface area contributed by atoms with Gasteiger partial charge in [0.15, 0.2) is 11.5 Å². The second-order valence-electron chi connectivity index (χ2n) is 5.65. The third-order valence-corrected chi connectivity index (χ3v) is 3.19. The van der Waals surface area contributed by atoms with Gasteiger partial charge in [0, 0.05) is 20.1 Å². The van der Waals surface area contributed by atoms with Crippen LogP contribution in [0.25, 0.3) is 0 Å². The molecule has 0 fully saturated rings. The quantitative estimate of drug-likeness (QED) is 0.676. The summed E-state index contributed by atoms with van der Waals surface area (Å²) in [6.07, 6.45) is 1.87. The number of Topliss-reactive ketones (excluding diaryl/α,β-unsaturated/α-hetero) is 1. The van der Waals surface area contributed by atoms with Gasteiger partial charge in [0.1, 0.15) is 5.69 Å². The van der Waals surface area contributed by atoms with E-state index in [-0.39, 0.29) is 12.2 Å². The summed E-state index contributed by atoms with van der Waals surface area (Å²) in [5.74, 6) is 0.491. The first-order valence-corrected chi connectivity index (χ1v) is 6.63. The Bertz CT molecular complexity index is 453. The number of likely N-dealkylation sites (N-methyl/N-ethyl adjacent to an activating group) is 1. The zero-order valence-corrected chi connectivity index (χ0v) is 13.3. The van der Waals surface area contributed by atoms with E-state index in [4.69, 9.17) is 9.47 Å². The summed E-state index contributed by atoms with van der Waals surface area (Å²) < 4.78 is 12.3. The lowest BCUT2D eigenvalue weighted by Crippen LogP contribution is -2.28. The van der Waals surface area contributed by atoms with Gasteiger partial charge in [-0.3, -0.25) is 9.48 Å². The van der Waals surface area contributed by atoms with E-state index in [1.165, 1.54) is 0 Å². The van der Waals surface area contributed by atoms with Gasteiger partial charge in [-0.05, 0) is 27.9 Å². The third-order valence-electron chi connectivity index (χ3n) is 3.19. The summed E-state index contributed by atoms with van der Waals surface area (Å²) >= 11 is 0. The highest BCUT2D eigenvalue weighted by Crippen LogP contribution is 2.23. The molecule has 0 aliphatic carbocycles. The van der Waals surface area contributed by atoms with Crippen LogP contribution in [-0.2, 0) is 11.3 Å². The number of ether oxygens (including phenoxy) is 2. The minimum atomic E-state index is -0.501. The number of carbonyl (C=O) groups is 1. The summed E-state index contributed by atoms with van der Waals surface area (Å²) in [5, 5.41) is 4.24. The minimum Gasteiger partial charge on any atom is -0.493 e. The molecule has 20 heavy (non-hydrogen) atoms. The predicted molar refractivity (Wildman–Crippen MR) is 77.4 cm³/mol. The van der Waals surface area contributed by atoms with Crippen molar-refractivity contribution in [1.29, 1.82) is 0 Å². The first kappa shape index (κ1) is 16.7. The van der Waals surface area contributed by atoms with Crippen LogP contribution in [0, 0.1) is 0 Å². The molecule has 6 heteroatoms. The van der Waals surface area contributed by atoms with Crippen molar-refractivity contribution in [3.05, 3.63) is 11.9 Å². The molecule has 0 aromatic carbocycles. The van der Waals surface area contributed by atoms with Gasteiger partial charge in [-0.1, -0.05) is 0 Å². The normalized spacial score (nSPS) is 11.9. The van der Waals surface area contributed by atoms with Crippen molar-refractivity contribution in [2.45, 2.75) is 32.4 Å². The number of methoxy groups -OCH3 is 2. The standard InChI is InChI=1S/C14H25N3O3/c1-14(2,20-6)9-11(18)13-12(19-5)10-15-17(13)8-7-16(3)4/h10H,7-9H2,1-6H3. The van der Waals surface area contributed by atoms with Crippen molar-refractivity contribution in [2.75, 3.05) is 34.9 Å². The Hall–Kier alpha value is -1.40. The van der Waals surface area contributed by atoms with Crippen LogP contribution in [0.5, 0.6) is 5.75 Å². The van der Waals surface area contributed by atoms with Gasteiger partial charge in [-0.25, -0.2) is 0 Å². The fraction of sp³-hybridized carbons (Fsp3) is 0.714. The van der Waals surface area contributed by atoms with Gasteiger partial charge in [-0.2, -0.15) is 5.10 Å². The SMILES string of the molecule is COc1cnn(CCN(C)C)c1C(=O)CC(C)(C)OC. The summed E-state index contributed by atoms with van der Waals surface area (Å²) in [6, 6.07) is 0. The Morgan fingerprint density at radius 3 is 2.55 bits per heavy atom. The Balaban J connectivity index is 2.95. The Morgan fingerprint density at radius 1 is 1.40 bits per heavy atom. The van der Waals surface area contributed by atoms with Gasteiger partial charge in [0.05, 0.1) is 25.5 Å². The first-order valence-electron chi connectivity index (χ1n) is 6.63. The van der Waals surface area contributed by atoms with E-state index in [0.717, 1.165) is 6.54 Å². The largest absolute Gasteiger partial charge is 0.493 e. The molecule has 0 bridgehead atoms. The Kier molecular flexibility index (Phi) is 5.71. The van der Waals surface area contributed by atoms with E-state index in [0.29, 0.717) is 18.0 Å². The van der Waals surface area contributed by atoms with Gasteiger partial charge >= 0.3 is 0 Å². The van der Waals surface area contributed by atoms with Gasteiger partial charge in [0.2, 0.25) is 0 Å². The monoisotopic (exact) mass is 283 g/mol. The lowest BCUT2D eigenvalue weighted by atomic mass is 10.00.